The summed E-state index contributed by atoms with van der Waals surface area (Å²) in [6, 6.07) is 11.3. The number of carbonyl (C=O) groups is 1. The fourth-order valence-electron chi connectivity index (χ4n) is 3.33. The van der Waals surface area contributed by atoms with Gasteiger partial charge in [0.2, 0.25) is 5.91 Å². The van der Waals surface area contributed by atoms with Crippen LogP contribution in [0.4, 0.5) is 5.69 Å². The monoisotopic (exact) mass is 474 g/mol. The molecule has 0 aliphatic heterocycles. The normalized spacial score (nSPS) is 10.8. The van der Waals surface area contributed by atoms with E-state index in [4.69, 9.17) is 21.1 Å². The predicted octanol–water partition coefficient (Wildman–Crippen LogP) is 4.70. The van der Waals surface area contributed by atoms with Gasteiger partial charge in [0, 0.05) is 18.5 Å². The fraction of sp³-hybridized carbons (Fsp3) is 0.348. The summed E-state index contributed by atoms with van der Waals surface area (Å²) in [5.41, 5.74) is 2.95. The number of nitrogens with zero attached hydrogens (tertiary/aromatic N) is 3. The molecule has 0 radical (unpaired) electrons. The molecular weight excluding hydrogens is 448 g/mol. The third-order valence-electron chi connectivity index (χ3n) is 5.02. The average molecular weight is 475 g/mol. The molecule has 1 N–H and O–H groups in total. The maximum atomic E-state index is 12.4. The van der Waals surface area contributed by atoms with Gasteiger partial charge < -0.3 is 19.4 Å². The van der Waals surface area contributed by atoms with Crippen LogP contribution in [-0.4, -0.2) is 40.6 Å². The molecule has 0 atom stereocenters. The largest absolute Gasteiger partial charge is 0.496 e. The lowest BCUT2D eigenvalue weighted by Crippen LogP contribution is -2.15. The van der Waals surface area contributed by atoms with E-state index in [-0.39, 0.29) is 11.7 Å². The number of thioether (sulfide) groups is 1. The van der Waals surface area contributed by atoms with Crippen LogP contribution in [0.3, 0.4) is 0 Å². The van der Waals surface area contributed by atoms with Gasteiger partial charge in [-0.2, -0.15) is 0 Å². The van der Waals surface area contributed by atoms with E-state index in [0.29, 0.717) is 21.6 Å². The summed E-state index contributed by atoms with van der Waals surface area (Å²) in [5, 5.41) is 12.6. The van der Waals surface area contributed by atoms with Gasteiger partial charge in [0.25, 0.3) is 0 Å². The lowest BCUT2D eigenvalue weighted by Gasteiger charge is -2.10. The SMILES string of the molecule is COc1ccc(CCCc2nnc(SCC(=O)Nc3cc(Cl)ccc3OC)n2C)cc1C. The number of nitrogens with one attached hydrogen (secondary N) is 1. The van der Waals surface area contributed by atoms with Gasteiger partial charge in [0.05, 0.1) is 25.7 Å². The first-order chi connectivity index (χ1) is 15.4. The van der Waals surface area contributed by atoms with Crippen LogP contribution in [0.5, 0.6) is 11.5 Å². The number of halogens is 1. The van der Waals surface area contributed by atoms with E-state index in [0.717, 1.165) is 36.4 Å². The first-order valence-electron chi connectivity index (χ1n) is 10.2. The van der Waals surface area contributed by atoms with Gasteiger partial charge >= 0.3 is 0 Å². The van der Waals surface area contributed by atoms with Gasteiger partial charge in [-0.3, -0.25) is 4.79 Å². The molecular formula is C23H27ClN4O3S. The van der Waals surface area contributed by atoms with E-state index in [9.17, 15) is 4.79 Å². The van der Waals surface area contributed by atoms with Gasteiger partial charge in [-0.25, -0.2) is 0 Å². The number of anilines is 1. The summed E-state index contributed by atoms with van der Waals surface area (Å²) in [6.07, 6.45) is 2.71. The number of methoxy groups -OCH3 is 2. The molecule has 1 aromatic heterocycles. The smallest absolute Gasteiger partial charge is 0.234 e. The maximum Gasteiger partial charge on any atom is 0.234 e. The van der Waals surface area contributed by atoms with Gasteiger partial charge in [0.1, 0.15) is 17.3 Å². The number of aromatic nitrogens is 3. The van der Waals surface area contributed by atoms with Crippen molar-refractivity contribution >= 4 is 35.0 Å². The lowest BCUT2D eigenvalue weighted by molar-refractivity contribution is -0.113. The van der Waals surface area contributed by atoms with Gasteiger partial charge in [-0.05, 0) is 55.2 Å². The second-order valence-corrected chi connectivity index (χ2v) is 8.68. The number of rotatable bonds is 10. The van der Waals surface area contributed by atoms with Crippen molar-refractivity contribution in [3.05, 3.63) is 58.4 Å². The van der Waals surface area contributed by atoms with E-state index < -0.39 is 0 Å². The van der Waals surface area contributed by atoms with E-state index >= 15 is 0 Å². The Morgan fingerprint density at radius 2 is 1.84 bits per heavy atom. The molecule has 2 aromatic carbocycles. The van der Waals surface area contributed by atoms with Crippen molar-refractivity contribution in [3.8, 4) is 11.5 Å². The van der Waals surface area contributed by atoms with Crippen molar-refractivity contribution in [1.29, 1.82) is 0 Å². The number of benzene rings is 2. The zero-order chi connectivity index (χ0) is 23.1. The molecule has 1 amide bonds. The first-order valence-corrected chi connectivity index (χ1v) is 11.6. The second kappa shape index (κ2) is 11.2. The van der Waals surface area contributed by atoms with Gasteiger partial charge in [0.15, 0.2) is 5.16 Å². The Bertz CT molecular complexity index is 1090. The molecule has 7 nitrogen and oxygen atoms in total. The highest BCUT2D eigenvalue weighted by atomic mass is 35.5. The molecule has 3 rings (SSSR count). The Balaban J connectivity index is 1.51. The first kappa shape index (κ1) is 23.9. The zero-order valence-electron chi connectivity index (χ0n) is 18.6. The highest BCUT2D eigenvalue weighted by Crippen LogP contribution is 2.28. The number of hydrogen-bond donors (Lipinski definition) is 1. The topological polar surface area (TPSA) is 78.3 Å². The Hall–Kier alpha value is -2.71. The van der Waals surface area contributed by atoms with Crippen molar-refractivity contribution in [1.82, 2.24) is 14.8 Å². The van der Waals surface area contributed by atoms with E-state index in [2.05, 4.69) is 27.6 Å². The summed E-state index contributed by atoms with van der Waals surface area (Å²) in [4.78, 5) is 12.4. The number of aryl methyl sites for hydroxylation is 3. The molecule has 0 unspecified atom stereocenters. The van der Waals surface area contributed by atoms with Gasteiger partial charge in [-0.15, -0.1) is 10.2 Å². The zero-order valence-corrected chi connectivity index (χ0v) is 20.2. The molecule has 0 saturated carbocycles. The highest BCUT2D eigenvalue weighted by molar-refractivity contribution is 7.99. The number of carbonyl (C=O) groups excluding carboxylic acids is 1. The minimum Gasteiger partial charge on any atom is -0.496 e. The van der Waals surface area contributed by atoms with E-state index in [1.807, 2.05) is 24.6 Å². The summed E-state index contributed by atoms with van der Waals surface area (Å²) in [7, 11) is 5.15. The van der Waals surface area contributed by atoms with E-state index in [1.165, 1.54) is 17.3 Å². The van der Waals surface area contributed by atoms with Crippen molar-refractivity contribution in [2.24, 2.45) is 7.05 Å². The third kappa shape index (κ3) is 6.17. The molecule has 0 bridgehead atoms. The molecule has 9 heteroatoms. The summed E-state index contributed by atoms with van der Waals surface area (Å²) >= 11 is 7.35. The number of ether oxygens (including phenoxy) is 2. The lowest BCUT2D eigenvalue weighted by atomic mass is 10.0. The van der Waals surface area contributed by atoms with E-state index in [1.54, 1.807) is 32.4 Å². The Kier molecular flexibility index (Phi) is 8.41. The van der Waals surface area contributed by atoms with Crippen molar-refractivity contribution in [2.75, 3.05) is 25.3 Å². The molecule has 0 saturated heterocycles. The minimum atomic E-state index is -0.171. The molecule has 32 heavy (non-hydrogen) atoms. The Labute approximate surface area is 197 Å². The standard InChI is InChI=1S/C23H27ClN4O3S/c1-15-12-16(8-10-19(15)30-3)6-5-7-21-26-27-23(28(21)2)32-14-22(29)25-18-13-17(24)9-11-20(18)31-4/h8-13H,5-7,14H2,1-4H3,(H,25,29). The Morgan fingerprint density at radius 3 is 2.56 bits per heavy atom. The summed E-state index contributed by atoms with van der Waals surface area (Å²) in [5.74, 6) is 2.39. The Morgan fingerprint density at radius 1 is 1.09 bits per heavy atom. The molecule has 1 heterocycles. The van der Waals surface area contributed by atoms with Crippen molar-refractivity contribution in [3.63, 3.8) is 0 Å². The number of hydrogen-bond acceptors (Lipinski definition) is 6. The van der Waals surface area contributed by atoms with Crippen molar-refractivity contribution in [2.45, 2.75) is 31.3 Å². The average Bonchev–Trinajstić information content (AvgIpc) is 3.12. The fourth-order valence-corrected chi connectivity index (χ4v) is 4.23. The van der Waals surface area contributed by atoms with Crippen LogP contribution in [-0.2, 0) is 24.7 Å². The molecule has 170 valence electrons. The molecule has 0 fully saturated rings. The maximum absolute atomic E-state index is 12.4. The summed E-state index contributed by atoms with van der Waals surface area (Å²) < 4.78 is 12.5. The van der Waals surface area contributed by atoms with Gasteiger partial charge in [-0.1, -0.05) is 35.5 Å². The van der Waals surface area contributed by atoms with Crippen LogP contribution in [0.25, 0.3) is 0 Å². The minimum absolute atomic E-state index is 0.171. The number of amides is 1. The van der Waals surface area contributed by atoms with Crippen LogP contribution in [0.1, 0.15) is 23.4 Å². The van der Waals surface area contributed by atoms with Crippen LogP contribution in [0.2, 0.25) is 5.02 Å². The second-order valence-electron chi connectivity index (χ2n) is 7.30. The molecule has 0 spiro atoms. The van der Waals surface area contributed by atoms with Crippen LogP contribution < -0.4 is 14.8 Å². The third-order valence-corrected chi connectivity index (χ3v) is 6.27. The molecule has 3 aromatic rings. The highest BCUT2D eigenvalue weighted by Gasteiger charge is 2.13. The quantitative estimate of drug-likeness (QED) is 0.429. The molecule has 0 aliphatic rings. The summed E-state index contributed by atoms with van der Waals surface area (Å²) in [6.45, 7) is 2.05. The van der Waals surface area contributed by atoms with Crippen molar-refractivity contribution < 1.29 is 14.3 Å². The predicted molar refractivity (Wildman–Crippen MR) is 128 cm³/mol. The van der Waals surface area contributed by atoms with Crippen LogP contribution in [0.15, 0.2) is 41.6 Å². The van der Waals surface area contributed by atoms with Crippen LogP contribution >= 0.6 is 23.4 Å². The van der Waals surface area contributed by atoms with Crippen LogP contribution in [0, 0.1) is 6.92 Å². The molecule has 0 aliphatic carbocycles.